The van der Waals surface area contributed by atoms with Crippen LogP contribution in [0.5, 0.6) is 0 Å². The molecule has 2 aromatic rings. The molecule has 0 saturated carbocycles. The highest BCUT2D eigenvalue weighted by atomic mass is 79.9. The number of carbonyl (C=O) groups is 2. The number of piperidine rings is 1. The fourth-order valence-electron chi connectivity index (χ4n) is 3.47. The highest BCUT2D eigenvalue weighted by Crippen LogP contribution is 2.21. The van der Waals surface area contributed by atoms with Crippen LogP contribution < -0.4 is 0 Å². The Morgan fingerprint density at radius 1 is 1.20 bits per heavy atom. The molecule has 1 aromatic heterocycles. The minimum absolute atomic E-state index is 0.00249. The van der Waals surface area contributed by atoms with Crippen molar-refractivity contribution in [1.82, 2.24) is 19.6 Å². The maximum absolute atomic E-state index is 12.9. The molecule has 2 heterocycles. The number of hydrogen-bond acceptors (Lipinski definition) is 4. The van der Waals surface area contributed by atoms with Crippen LogP contribution in [0.2, 0.25) is 0 Å². The Morgan fingerprint density at radius 2 is 1.83 bits per heavy atom. The fraction of sp³-hybridized carbons (Fsp3) is 0.500. The van der Waals surface area contributed by atoms with E-state index >= 15 is 0 Å². The third-order valence-electron chi connectivity index (χ3n) is 5.06. The number of nitrogens with zero attached hydrogens (tertiary/aromatic N) is 4. The molecule has 1 saturated heterocycles. The average molecular weight is 477 g/mol. The fourth-order valence-corrected chi connectivity index (χ4v) is 3.74. The van der Waals surface area contributed by atoms with Crippen molar-refractivity contribution in [3.8, 4) is 5.69 Å². The Kier molecular flexibility index (Phi) is 6.85. The summed E-state index contributed by atoms with van der Waals surface area (Å²) in [6, 6.07) is 7.77. The molecule has 1 fully saturated rings. The van der Waals surface area contributed by atoms with Gasteiger partial charge in [0, 0.05) is 37.4 Å². The summed E-state index contributed by atoms with van der Waals surface area (Å²) >= 11 is 3.42. The first-order valence-corrected chi connectivity index (χ1v) is 11.0. The number of hydrogen-bond donors (Lipinski definition) is 0. The van der Waals surface area contributed by atoms with Crippen LogP contribution in [0.25, 0.3) is 5.69 Å². The van der Waals surface area contributed by atoms with Gasteiger partial charge < -0.3 is 14.5 Å². The van der Waals surface area contributed by atoms with E-state index in [0.29, 0.717) is 31.1 Å². The Hall–Kier alpha value is -2.35. The van der Waals surface area contributed by atoms with Crippen LogP contribution in [0, 0.1) is 5.92 Å². The Balaban J connectivity index is 1.52. The number of aromatic nitrogens is 2. The third-order valence-corrected chi connectivity index (χ3v) is 5.59. The number of rotatable bonds is 4. The zero-order valence-corrected chi connectivity index (χ0v) is 19.6. The lowest BCUT2D eigenvalue weighted by Gasteiger charge is -2.34. The van der Waals surface area contributed by atoms with Gasteiger partial charge in [-0.1, -0.05) is 15.9 Å². The Labute approximate surface area is 186 Å². The molecule has 30 heavy (non-hydrogen) atoms. The van der Waals surface area contributed by atoms with Gasteiger partial charge in [-0.25, -0.2) is 9.48 Å². The molecule has 7 nitrogen and oxygen atoms in total. The minimum Gasteiger partial charge on any atom is -0.444 e. The van der Waals surface area contributed by atoms with Crippen LogP contribution in [0.15, 0.2) is 41.1 Å². The molecule has 1 aliphatic rings. The maximum atomic E-state index is 12.9. The van der Waals surface area contributed by atoms with Gasteiger partial charge in [0.2, 0.25) is 0 Å². The van der Waals surface area contributed by atoms with Crippen LogP contribution >= 0.6 is 15.9 Å². The van der Waals surface area contributed by atoms with E-state index in [0.717, 1.165) is 23.0 Å². The summed E-state index contributed by atoms with van der Waals surface area (Å²) in [6.45, 7) is 7.58. The smallest absolute Gasteiger partial charge is 0.410 e. The lowest BCUT2D eigenvalue weighted by atomic mass is 9.96. The molecule has 1 aromatic carbocycles. The van der Waals surface area contributed by atoms with Gasteiger partial charge in [-0.2, -0.15) is 5.10 Å². The first-order chi connectivity index (χ1) is 14.1. The van der Waals surface area contributed by atoms with Gasteiger partial charge in [-0.15, -0.1) is 0 Å². The second-order valence-electron chi connectivity index (χ2n) is 8.75. The number of amides is 2. The lowest BCUT2D eigenvalue weighted by Crippen LogP contribution is -2.43. The molecular formula is C22H29BrN4O3. The first-order valence-electron chi connectivity index (χ1n) is 10.2. The van der Waals surface area contributed by atoms with Gasteiger partial charge in [0.15, 0.2) is 0 Å². The van der Waals surface area contributed by atoms with E-state index in [-0.39, 0.29) is 12.0 Å². The molecule has 1 aliphatic heterocycles. The molecule has 0 N–H and O–H groups in total. The third kappa shape index (κ3) is 5.84. The normalized spacial score (nSPS) is 15.2. The Morgan fingerprint density at radius 3 is 2.43 bits per heavy atom. The number of carbonyl (C=O) groups excluding carboxylic acids is 2. The number of ether oxygens (including phenoxy) is 1. The number of benzene rings is 1. The summed E-state index contributed by atoms with van der Waals surface area (Å²) in [7, 11) is 1.77. The SMILES string of the molecule is CN(CC1CCN(C(=O)c2cnn(-c3ccc(Br)cc3)c2)CC1)C(=O)OC(C)(C)C. The summed E-state index contributed by atoms with van der Waals surface area (Å²) in [4.78, 5) is 28.5. The van der Waals surface area contributed by atoms with Crippen molar-refractivity contribution in [1.29, 1.82) is 0 Å². The summed E-state index contributed by atoms with van der Waals surface area (Å²) < 4.78 is 8.12. The van der Waals surface area contributed by atoms with E-state index in [1.165, 1.54) is 0 Å². The first kappa shape index (κ1) is 22.3. The highest BCUT2D eigenvalue weighted by molar-refractivity contribution is 9.10. The molecule has 8 heteroatoms. The minimum atomic E-state index is -0.498. The van der Waals surface area contributed by atoms with Crippen LogP contribution in [-0.2, 0) is 4.74 Å². The van der Waals surface area contributed by atoms with Crippen molar-refractivity contribution < 1.29 is 14.3 Å². The monoisotopic (exact) mass is 476 g/mol. The quantitative estimate of drug-likeness (QED) is 0.657. The highest BCUT2D eigenvalue weighted by Gasteiger charge is 2.27. The van der Waals surface area contributed by atoms with Crippen LogP contribution in [0.3, 0.4) is 0 Å². The van der Waals surface area contributed by atoms with Crippen LogP contribution in [0.1, 0.15) is 44.0 Å². The second kappa shape index (κ2) is 9.20. The van der Waals surface area contributed by atoms with Gasteiger partial charge >= 0.3 is 6.09 Å². The summed E-state index contributed by atoms with van der Waals surface area (Å²) in [5.41, 5.74) is 0.991. The Bertz CT molecular complexity index is 881. The summed E-state index contributed by atoms with van der Waals surface area (Å²) in [5.74, 6) is 0.356. The van der Waals surface area contributed by atoms with Gasteiger partial charge in [0.05, 0.1) is 17.4 Å². The molecule has 0 atom stereocenters. The van der Waals surface area contributed by atoms with Crippen molar-refractivity contribution in [2.75, 3.05) is 26.7 Å². The van der Waals surface area contributed by atoms with E-state index in [9.17, 15) is 9.59 Å². The molecule has 2 amide bonds. The van der Waals surface area contributed by atoms with Crippen molar-refractivity contribution >= 4 is 27.9 Å². The predicted molar refractivity (Wildman–Crippen MR) is 119 cm³/mol. The van der Waals surface area contributed by atoms with E-state index in [4.69, 9.17) is 4.74 Å². The summed E-state index contributed by atoms with van der Waals surface area (Å²) in [5, 5.41) is 4.33. The van der Waals surface area contributed by atoms with E-state index in [1.54, 1.807) is 29.0 Å². The zero-order valence-electron chi connectivity index (χ0n) is 18.0. The van der Waals surface area contributed by atoms with Crippen LogP contribution in [0.4, 0.5) is 4.79 Å². The molecule has 0 radical (unpaired) electrons. The summed E-state index contributed by atoms with van der Waals surface area (Å²) in [6.07, 6.45) is 4.81. The molecule has 0 spiro atoms. The lowest BCUT2D eigenvalue weighted by molar-refractivity contribution is 0.0246. The molecule has 0 unspecified atom stereocenters. The largest absolute Gasteiger partial charge is 0.444 e. The van der Waals surface area contributed by atoms with Crippen molar-refractivity contribution in [3.05, 3.63) is 46.7 Å². The molecular weight excluding hydrogens is 448 g/mol. The van der Waals surface area contributed by atoms with Crippen molar-refractivity contribution in [2.24, 2.45) is 5.92 Å². The van der Waals surface area contributed by atoms with Crippen molar-refractivity contribution in [2.45, 2.75) is 39.2 Å². The van der Waals surface area contributed by atoms with E-state index in [1.807, 2.05) is 49.9 Å². The van der Waals surface area contributed by atoms with E-state index in [2.05, 4.69) is 21.0 Å². The number of halogens is 1. The van der Waals surface area contributed by atoms with Crippen molar-refractivity contribution in [3.63, 3.8) is 0 Å². The molecule has 3 rings (SSSR count). The van der Waals surface area contributed by atoms with E-state index < -0.39 is 5.60 Å². The van der Waals surface area contributed by atoms with Gasteiger partial charge in [0.1, 0.15) is 5.60 Å². The van der Waals surface area contributed by atoms with Gasteiger partial charge in [0.25, 0.3) is 5.91 Å². The van der Waals surface area contributed by atoms with Gasteiger partial charge in [-0.05, 0) is 63.8 Å². The topological polar surface area (TPSA) is 67.7 Å². The van der Waals surface area contributed by atoms with Gasteiger partial charge in [-0.3, -0.25) is 4.79 Å². The molecule has 0 aliphatic carbocycles. The molecule has 162 valence electrons. The molecule has 0 bridgehead atoms. The van der Waals surface area contributed by atoms with Crippen LogP contribution in [-0.4, -0.2) is 63.9 Å². The second-order valence-corrected chi connectivity index (χ2v) is 9.66. The standard InChI is InChI=1S/C22H29BrN4O3/c1-22(2,3)30-21(29)25(4)14-16-9-11-26(12-10-16)20(28)17-13-24-27(15-17)19-7-5-18(23)6-8-19/h5-8,13,15-16H,9-12,14H2,1-4H3. The maximum Gasteiger partial charge on any atom is 0.410 e. The average Bonchev–Trinajstić information content (AvgIpc) is 3.17. The zero-order chi connectivity index (χ0) is 21.9. The number of likely N-dealkylation sites (tertiary alicyclic amines) is 1. The predicted octanol–water partition coefficient (Wildman–Crippen LogP) is 4.35.